The Hall–Kier alpha value is -3.78. The molecular weight excluding hydrogens is 634 g/mol. The Bertz CT molecular complexity index is 1970. The Labute approximate surface area is 271 Å². The standard InChI is InChI=1S/C36H34N3OS2.BrH/c1-4-37-24-23-26(29-19-13-14-20-30(29)37)21-22-31-36(40)39(6-3)33(41-31)25-32-38(5-2)34(27-15-9-7-10-16-27)35(42-32)28-17-11-8-12-18-28;/h7-25H,4-6H2,1-3H3;1H/q+1;/p-1/b26-21-,31-22+;. The normalized spacial score (nSPS) is 14.3. The van der Waals surface area contributed by atoms with Gasteiger partial charge in [-0.2, -0.15) is 4.57 Å². The summed E-state index contributed by atoms with van der Waals surface area (Å²) in [6, 6.07) is 29.6. The molecule has 0 N–H and O–H groups in total. The van der Waals surface area contributed by atoms with Crippen molar-refractivity contribution in [3.8, 4) is 21.7 Å². The Morgan fingerprint density at radius 2 is 1.47 bits per heavy atom. The van der Waals surface area contributed by atoms with Crippen LogP contribution >= 0.6 is 22.7 Å². The molecule has 7 heteroatoms. The average Bonchev–Trinajstić information content (AvgIpc) is 3.56. The highest BCUT2D eigenvalue weighted by Crippen LogP contribution is 2.36. The Morgan fingerprint density at radius 1 is 0.791 bits per heavy atom. The third kappa shape index (κ3) is 6.03. The monoisotopic (exact) mass is 667 g/mol. The molecule has 0 aliphatic carbocycles. The van der Waals surface area contributed by atoms with Gasteiger partial charge in [0.1, 0.15) is 16.1 Å². The SMILES string of the molecule is CCN1C=C/C(=C/C=c2/s/c(=C/c3sc(-c4ccccc4)c(-c4ccccc4)[n+]3CC)n(CC)c2=O)c2ccccc21.[Br-]. The van der Waals surface area contributed by atoms with Crippen LogP contribution in [0.1, 0.15) is 31.3 Å². The first-order valence-electron chi connectivity index (χ1n) is 14.5. The maximum atomic E-state index is 13.6. The summed E-state index contributed by atoms with van der Waals surface area (Å²) in [5.41, 5.74) is 7.14. The van der Waals surface area contributed by atoms with E-state index in [1.54, 1.807) is 22.7 Å². The molecule has 0 atom stereocenters. The van der Waals surface area contributed by atoms with Gasteiger partial charge in [-0.05, 0) is 62.3 Å². The van der Waals surface area contributed by atoms with E-state index in [-0.39, 0.29) is 22.5 Å². The van der Waals surface area contributed by atoms with Gasteiger partial charge in [-0.15, -0.1) is 11.3 Å². The maximum absolute atomic E-state index is 13.6. The van der Waals surface area contributed by atoms with Gasteiger partial charge >= 0.3 is 0 Å². The summed E-state index contributed by atoms with van der Waals surface area (Å²) in [5, 5.41) is 1.13. The van der Waals surface area contributed by atoms with E-state index in [0.717, 1.165) is 32.9 Å². The van der Waals surface area contributed by atoms with Gasteiger partial charge in [0.05, 0.1) is 10.6 Å². The second-order valence-electron chi connectivity index (χ2n) is 10.0. The van der Waals surface area contributed by atoms with Crippen LogP contribution in [0.25, 0.3) is 39.4 Å². The fraction of sp³-hybridized carbons (Fsp3) is 0.167. The number of halogens is 1. The first kappa shape index (κ1) is 30.7. The van der Waals surface area contributed by atoms with Gasteiger partial charge < -0.3 is 21.9 Å². The molecule has 3 aromatic carbocycles. The highest BCUT2D eigenvalue weighted by Gasteiger charge is 2.27. The minimum atomic E-state index is 0. The molecule has 0 amide bonds. The average molecular weight is 669 g/mol. The molecule has 0 unspecified atom stereocenters. The number of benzene rings is 3. The number of rotatable bonds is 7. The van der Waals surface area contributed by atoms with Crippen LogP contribution in [0.3, 0.4) is 0 Å². The molecule has 43 heavy (non-hydrogen) atoms. The van der Waals surface area contributed by atoms with E-state index < -0.39 is 0 Å². The first-order valence-corrected chi connectivity index (χ1v) is 16.1. The second kappa shape index (κ2) is 13.7. The topological polar surface area (TPSA) is 29.1 Å². The van der Waals surface area contributed by atoms with Crippen molar-refractivity contribution < 1.29 is 21.5 Å². The van der Waals surface area contributed by atoms with E-state index in [0.29, 0.717) is 6.54 Å². The molecule has 218 valence electrons. The van der Waals surface area contributed by atoms with Gasteiger partial charge in [0.25, 0.3) is 10.6 Å². The highest BCUT2D eigenvalue weighted by atomic mass is 79.9. The number of hydrogen-bond donors (Lipinski definition) is 0. The number of nitrogens with zero attached hydrogens (tertiary/aromatic N) is 3. The van der Waals surface area contributed by atoms with Crippen molar-refractivity contribution in [3.63, 3.8) is 0 Å². The van der Waals surface area contributed by atoms with E-state index in [1.165, 1.54) is 32.9 Å². The van der Waals surface area contributed by atoms with Crippen LogP contribution in [0.15, 0.2) is 108 Å². The Morgan fingerprint density at radius 3 is 2.14 bits per heavy atom. The summed E-state index contributed by atoms with van der Waals surface area (Å²) in [7, 11) is 0. The number of hydrogen-bond acceptors (Lipinski definition) is 4. The summed E-state index contributed by atoms with van der Waals surface area (Å²) in [6.07, 6.45) is 10.5. The predicted molar refractivity (Wildman–Crippen MR) is 179 cm³/mol. The van der Waals surface area contributed by atoms with E-state index in [9.17, 15) is 4.79 Å². The third-order valence-corrected chi connectivity index (χ3v) is 9.83. The van der Waals surface area contributed by atoms with Crippen LogP contribution in [0.5, 0.6) is 0 Å². The Kier molecular flexibility index (Phi) is 9.76. The van der Waals surface area contributed by atoms with Crippen molar-refractivity contribution in [2.24, 2.45) is 0 Å². The van der Waals surface area contributed by atoms with Crippen LogP contribution in [-0.4, -0.2) is 11.1 Å². The van der Waals surface area contributed by atoms with Crippen molar-refractivity contribution in [2.45, 2.75) is 33.9 Å². The lowest BCUT2D eigenvalue weighted by atomic mass is 9.99. The molecule has 0 saturated carbocycles. The molecule has 3 heterocycles. The molecule has 0 spiro atoms. The molecule has 1 aliphatic heterocycles. The summed E-state index contributed by atoms with van der Waals surface area (Å²) >= 11 is 3.34. The van der Waals surface area contributed by atoms with Crippen LogP contribution in [0.2, 0.25) is 0 Å². The largest absolute Gasteiger partial charge is 1.00 e. The molecular formula is C36H34BrN3OS2. The fourth-order valence-corrected chi connectivity index (χ4v) is 7.90. The number of anilines is 1. The quantitative estimate of drug-likeness (QED) is 0.248. The number of aromatic nitrogens is 2. The zero-order valence-corrected chi connectivity index (χ0v) is 27.8. The highest BCUT2D eigenvalue weighted by molar-refractivity contribution is 7.16. The Balaban J connectivity index is 0.00000368. The number of allylic oxidation sites excluding steroid dienone is 3. The lowest BCUT2D eigenvalue weighted by molar-refractivity contribution is -0.679. The molecule has 0 radical (unpaired) electrons. The summed E-state index contributed by atoms with van der Waals surface area (Å²) in [4.78, 5) is 17.0. The molecule has 6 rings (SSSR count). The van der Waals surface area contributed by atoms with Crippen LogP contribution in [0, 0.1) is 0 Å². The van der Waals surface area contributed by atoms with Gasteiger partial charge in [-0.25, -0.2) is 0 Å². The molecule has 5 aromatic rings. The predicted octanol–water partition coefficient (Wildman–Crippen LogP) is 3.68. The lowest BCUT2D eigenvalue weighted by Gasteiger charge is -2.26. The molecule has 0 fully saturated rings. The van der Waals surface area contributed by atoms with Crippen molar-refractivity contribution in [1.29, 1.82) is 0 Å². The number of fused-ring (bicyclic) bond motifs is 1. The van der Waals surface area contributed by atoms with Crippen molar-refractivity contribution >= 4 is 46.1 Å². The number of thiazole rings is 2. The smallest absolute Gasteiger partial charge is 0.269 e. The zero-order valence-electron chi connectivity index (χ0n) is 24.5. The molecule has 2 aromatic heterocycles. The van der Waals surface area contributed by atoms with E-state index in [1.807, 2.05) is 17.6 Å². The van der Waals surface area contributed by atoms with Crippen molar-refractivity contribution in [3.05, 3.63) is 133 Å². The second-order valence-corrected chi connectivity index (χ2v) is 12.1. The van der Waals surface area contributed by atoms with Gasteiger partial charge in [0, 0.05) is 36.1 Å². The zero-order chi connectivity index (χ0) is 29.1. The minimum Gasteiger partial charge on any atom is -1.00 e. The summed E-state index contributed by atoms with van der Waals surface area (Å²) in [6.45, 7) is 8.74. The molecule has 0 bridgehead atoms. The maximum Gasteiger partial charge on any atom is 0.269 e. The number of para-hydroxylation sites is 1. The van der Waals surface area contributed by atoms with Gasteiger partial charge in [0.15, 0.2) is 0 Å². The molecule has 0 saturated heterocycles. The van der Waals surface area contributed by atoms with E-state index in [4.69, 9.17) is 0 Å². The molecule has 1 aliphatic rings. The van der Waals surface area contributed by atoms with E-state index in [2.05, 4.69) is 133 Å². The van der Waals surface area contributed by atoms with E-state index >= 15 is 0 Å². The van der Waals surface area contributed by atoms with Crippen molar-refractivity contribution in [1.82, 2.24) is 4.57 Å². The first-order chi connectivity index (χ1) is 20.6. The molecule has 4 nitrogen and oxygen atoms in total. The van der Waals surface area contributed by atoms with Gasteiger partial charge in [-0.1, -0.05) is 84.1 Å². The summed E-state index contributed by atoms with van der Waals surface area (Å²) < 4.78 is 5.97. The van der Waals surface area contributed by atoms with Gasteiger partial charge in [-0.3, -0.25) is 9.36 Å². The van der Waals surface area contributed by atoms with Crippen LogP contribution in [0.4, 0.5) is 5.69 Å². The summed E-state index contributed by atoms with van der Waals surface area (Å²) in [5.74, 6) is 0. The fourth-order valence-electron chi connectivity index (χ4n) is 5.49. The lowest BCUT2D eigenvalue weighted by Crippen LogP contribution is -3.00. The minimum absolute atomic E-state index is 0. The van der Waals surface area contributed by atoms with Crippen LogP contribution < -0.4 is 41.2 Å². The third-order valence-electron chi connectivity index (χ3n) is 7.57. The van der Waals surface area contributed by atoms with Gasteiger partial charge in [0.2, 0.25) is 5.69 Å². The van der Waals surface area contributed by atoms with Crippen molar-refractivity contribution in [2.75, 3.05) is 11.4 Å². The van der Waals surface area contributed by atoms with Crippen LogP contribution in [-0.2, 0) is 13.1 Å².